The summed E-state index contributed by atoms with van der Waals surface area (Å²) in [6.07, 6.45) is -1.86. The molecule has 10 nitrogen and oxygen atoms in total. The number of aliphatic hydroxyl groups excluding tert-OH is 1. The number of aliphatic hydroxyl groups is 1. The van der Waals surface area contributed by atoms with E-state index in [1.54, 1.807) is 31.2 Å². The van der Waals surface area contributed by atoms with Gasteiger partial charge in [0.15, 0.2) is 12.0 Å². The number of rotatable bonds is 6. The molecule has 2 atom stereocenters. The first-order valence-corrected chi connectivity index (χ1v) is 10.8. The van der Waals surface area contributed by atoms with E-state index in [1.807, 2.05) is 0 Å². The van der Waals surface area contributed by atoms with Crippen LogP contribution in [0.1, 0.15) is 29.3 Å². The van der Waals surface area contributed by atoms with Crippen LogP contribution in [0, 0.1) is 0 Å². The average molecular weight is 469 g/mol. The number of anilines is 2. The Kier molecular flexibility index (Phi) is 6.62. The molecule has 1 fully saturated rings. The number of ether oxygens (including phenoxy) is 2. The Hall–Kier alpha value is -3.76. The van der Waals surface area contributed by atoms with Gasteiger partial charge in [-0.05, 0) is 37.1 Å². The molecule has 2 aromatic carbocycles. The van der Waals surface area contributed by atoms with Gasteiger partial charge in [-0.15, -0.1) is 0 Å². The molecule has 0 unspecified atom stereocenters. The second-order valence-electron chi connectivity index (χ2n) is 8.04. The molecule has 0 bridgehead atoms. The van der Waals surface area contributed by atoms with Crippen LogP contribution in [-0.4, -0.2) is 54.5 Å². The maximum absolute atomic E-state index is 13.4. The first kappa shape index (κ1) is 23.4. The third-order valence-electron chi connectivity index (χ3n) is 5.74. The van der Waals surface area contributed by atoms with Crippen molar-refractivity contribution in [2.75, 3.05) is 30.9 Å². The number of carbonyl (C=O) groups is 2. The molecule has 2 amide bonds. The van der Waals surface area contributed by atoms with E-state index >= 15 is 0 Å². The number of methoxy groups -OCH3 is 1. The van der Waals surface area contributed by atoms with Gasteiger partial charge in [0.25, 0.3) is 5.91 Å². The zero-order valence-corrected chi connectivity index (χ0v) is 19.0. The van der Waals surface area contributed by atoms with Gasteiger partial charge in [-0.2, -0.15) is 4.89 Å². The van der Waals surface area contributed by atoms with Gasteiger partial charge in [0.05, 0.1) is 31.0 Å². The van der Waals surface area contributed by atoms with Crippen molar-refractivity contribution in [3.05, 3.63) is 59.7 Å². The largest absolute Gasteiger partial charge is 0.493 e. The highest BCUT2D eigenvalue weighted by Gasteiger charge is 2.46. The van der Waals surface area contributed by atoms with E-state index in [0.717, 1.165) is 10.5 Å². The normalized spacial score (nSPS) is 19.4. The predicted molar refractivity (Wildman–Crippen MR) is 123 cm³/mol. The van der Waals surface area contributed by atoms with Crippen LogP contribution < -0.4 is 20.3 Å². The topological polar surface area (TPSA) is 124 Å². The highest BCUT2D eigenvalue weighted by atomic mass is 17.2. The molecule has 34 heavy (non-hydrogen) atoms. The monoisotopic (exact) mass is 469 g/mol. The van der Waals surface area contributed by atoms with Gasteiger partial charge in [-0.25, -0.2) is 9.69 Å². The zero-order valence-electron chi connectivity index (χ0n) is 19.0. The minimum Gasteiger partial charge on any atom is -0.493 e. The van der Waals surface area contributed by atoms with E-state index < -0.39 is 18.4 Å². The van der Waals surface area contributed by atoms with Gasteiger partial charge in [0.1, 0.15) is 6.61 Å². The Morgan fingerprint density at radius 3 is 2.65 bits per heavy atom. The van der Waals surface area contributed by atoms with Crippen LogP contribution in [0.2, 0.25) is 0 Å². The van der Waals surface area contributed by atoms with Crippen molar-refractivity contribution in [1.82, 2.24) is 4.90 Å². The molecule has 180 valence electrons. The Labute approximate surface area is 197 Å². The summed E-state index contributed by atoms with van der Waals surface area (Å²) in [6.45, 7) is 6.18. The summed E-state index contributed by atoms with van der Waals surface area (Å²) in [5.74, 6) is 0.0143. The lowest BCUT2D eigenvalue weighted by molar-refractivity contribution is -0.202. The summed E-state index contributed by atoms with van der Waals surface area (Å²) in [7, 11) is 1.43. The fraction of sp³-hybridized carbons (Fsp3) is 0.333. The van der Waals surface area contributed by atoms with Crippen molar-refractivity contribution in [2.45, 2.75) is 32.2 Å². The lowest BCUT2D eigenvalue weighted by atomic mass is 10.1. The molecule has 1 saturated heterocycles. The SMILES string of the molecule is C=C1C[C@H]2[C@H](O)N(C(=O)OCc3ccc(N)cc3)c3cc(OOCC)c(OC)cc3C(=O)N2C1. The quantitative estimate of drug-likeness (QED) is 0.287. The maximum atomic E-state index is 13.4. The third-order valence-corrected chi connectivity index (χ3v) is 5.74. The number of hydrogen-bond donors (Lipinski definition) is 2. The summed E-state index contributed by atoms with van der Waals surface area (Å²) in [5.41, 5.74) is 8.06. The molecule has 3 N–H and O–H groups in total. The molecular formula is C24H27N3O7. The van der Waals surface area contributed by atoms with Gasteiger partial charge in [0, 0.05) is 18.3 Å². The minimum absolute atomic E-state index is 0.0504. The molecule has 0 aromatic heterocycles. The van der Waals surface area contributed by atoms with Crippen molar-refractivity contribution in [1.29, 1.82) is 0 Å². The van der Waals surface area contributed by atoms with Crippen molar-refractivity contribution >= 4 is 23.4 Å². The molecule has 2 heterocycles. The molecule has 0 spiro atoms. The Bertz CT molecular complexity index is 1100. The van der Waals surface area contributed by atoms with E-state index in [1.165, 1.54) is 24.1 Å². The molecule has 2 aliphatic rings. The van der Waals surface area contributed by atoms with Crippen LogP contribution in [0.4, 0.5) is 16.2 Å². The van der Waals surface area contributed by atoms with Crippen LogP contribution in [-0.2, 0) is 16.2 Å². The second kappa shape index (κ2) is 9.62. The molecule has 4 rings (SSSR count). The van der Waals surface area contributed by atoms with Crippen LogP contribution in [0.3, 0.4) is 0 Å². The number of fused-ring (bicyclic) bond motifs is 2. The van der Waals surface area contributed by atoms with Crippen molar-refractivity contribution < 1.29 is 33.9 Å². The first-order valence-electron chi connectivity index (χ1n) is 10.8. The predicted octanol–water partition coefficient (Wildman–Crippen LogP) is 2.85. The molecule has 2 aromatic rings. The molecule has 2 aliphatic heterocycles. The summed E-state index contributed by atoms with van der Waals surface area (Å²) < 4.78 is 10.9. The highest BCUT2D eigenvalue weighted by Crippen LogP contribution is 2.41. The lowest BCUT2D eigenvalue weighted by Crippen LogP contribution is -2.50. The number of nitrogens with zero attached hydrogens (tertiary/aromatic N) is 2. The average Bonchev–Trinajstić information content (AvgIpc) is 3.20. The summed E-state index contributed by atoms with van der Waals surface area (Å²) in [6, 6.07) is 9.07. The van der Waals surface area contributed by atoms with Crippen molar-refractivity contribution in [3.8, 4) is 11.5 Å². The number of carbonyl (C=O) groups excluding carboxylic acids is 2. The van der Waals surface area contributed by atoms with Crippen LogP contribution in [0.15, 0.2) is 48.6 Å². The van der Waals surface area contributed by atoms with Crippen LogP contribution in [0.5, 0.6) is 11.5 Å². The van der Waals surface area contributed by atoms with Crippen LogP contribution >= 0.6 is 0 Å². The fourth-order valence-corrected chi connectivity index (χ4v) is 4.09. The first-order chi connectivity index (χ1) is 16.3. The summed E-state index contributed by atoms with van der Waals surface area (Å²) in [5, 5.41) is 11.3. The maximum Gasteiger partial charge on any atom is 0.416 e. The van der Waals surface area contributed by atoms with E-state index in [4.69, 9.17) is 25.0 Å². The smallest absolute Gasteiger partial charge is 0.416 e. The Balaban J connectivity index is 1.74. The Morgan fingerprint density at radius 1 is 1.24 bits per heavy atom. The Morgan fingerprint density at radius 2 is 1.97 bits per heavy atom. The summed E-state index contributed by atoms with van der Waals surface area (Å²) in [4.78, 5) is 39.6. The molecule has 0 aliphatic carbocycles. The summed E-state index contributed by atoms with van der Waals surface area (Å²) >= 11 is 0. The zero-order chi connectivity index (χ0) is 24.4. The standard InChI is InChI=1S/C24H27N3O7/c1-4-33-34-21-11-18-17(10-20(21)31-3)22(28)26-12-14(2)9-19(26)23(29)27(18)24(30)32-13-15-5-7-16(25)8-6-15/h5-8,10-11,19,23,29H,2,4,9,12-13,25H2,1,3H3/t19-,23-/m0/s1. The van der Waals surface area contributed by atoms with E-state index in [0.29, 0.717) is 17.7 Å². The number of benzene rings is 2. The molecule has 0 saturated carbocycles. The number of hydrogen-bond acceptors (Lipinski definition) is 8. The number of nitrogens with two attached hydrogens (primary N) is 1. The number of amides is 2. The van der Waals surface area contributed by atoms with Crippen LogP contribution in [0.25, 0.3) is 0 Å². The molecule has 0 radical (unpaired) electrons. The van der Waals surface area contributed by atoms with Gasteiger partial charge in [-0.1, -0.05) is 24.3 Å². The van der Waals surface area contributed by atoms with Gasteiger partial charge < -0.3 is 30.1 Å². The molecular weight excluding hydrogens is 442 g/mol. The fourth-order valence-electron chi connectivity index (χ4n) is 4.09. The van der Waals surface area contributed by atoms with E-state index in [2.05, 4.69) is 6.58 Å². The number of nitrogen functional groups attached to an aromatic ring is 1. The highest BCUT2D eigenvalue weighted by molar-refractivity contribution is 6.06. The molecule has 10 heteroatoms. The van der Waals surface area contributed by atoms with Gasteiger partial charge >= 0.3 is 6.09 Å². The lowest BCUT2D eigenvalue weighted by Gasteiger charge is -2.31. The second-order valence-corrected chi connectivity index (χ2v) is 8.04. The van der Waals surface area contributed by atoms with Crippen molar-refractivity contribution in [2.24, 2.45) is 0 Å². The third kappa shape index (κ3) is 4.37. The van der Waals surface area contributed by atoms with E-state index in [-0.39, 0.29) is 48.4 Å². The van der Waals surface area contributed by atoms with Crippen molar-refractivity contribution in [3.63, 3.8) is 0 Å². The van der Waals surface area contributed by atoms with E-state index in [9.17, 15) is 14.7 Å². The minimum atomic E-state index is -1.38. The van der Waals surface area contributed by atoms with Gasteiger partial charge in [-0.3, -0.25) is 4.79 Å². The van der Waals surface area contributed by atoms with Gasteiger partial charge in [0.2, 0.25) is 5.75 Å².